The van der Waals surface area contributed by atoms with Gasteiger partial charge in [0.1, 0.15) is 0 Å². The number of methoxy groups -OCH3 is 1. The molecule has 1 aliphatic rings. The zero-order chi connectivity index (χ0) is 16.0. The summed E-state index contributed by atoms with van der Waals surface area (Å²) in [4.78, 5) is 6.66. The van der Waals surface area contributed by atoms with Crippen LogP contribution in [0.1, 0.15) is 17.7 Å². The Kier molecular flexibility index (Phi) is 6.31. The molecule has 1 aliphatic heterocycles. The first-order valence-corrected chi connectivity index (χ1v) is 9.23. The van der Waals surface area contributed by atoms with Crippen LogP contribution in [0.4, 0.5) is 0 Å². The van der Waals surface area contributed by atoms with Crippen LogP contribution in [0.25, 0.3) is 0 Å². The Morgan fingerprint density at radius 3 is 2.64 bits per heavy atom. The lowest BCUT2D eigenvalue weighted by Crippen LogP contribution is -2.49. The minimum atomic E-state index is -3.15. The van der Waals surface area contributed by atoms with E-state index in [1.54, 1.807) is 17.6 Å². The first-order valence-electron chi connectivity index (χ1n) is 7.62. The summed E-state index contributed by atoms with van der Waals surface area (Å²) in [5.41, 5.74) is 2.25. The largest absolute Gasteiger partial charge is 0.385 e. The molecule has 0 saturated carbocycles. The van der Waals surface area contributed by atoms with E-state index in [9.17, 15) is 8.42 Å². The van der Waals surface area contributed by atoms with Crippen LogP contribution in [0.5, 0.6) is 0 Å². The van der Waals surface area contributed by atoms with E-state index in [0.717, 1.165) is 25.3 Å². The minimum absolute atomic E-state index is 0.167. The van der Waals surface area contributed by atoms with E-state index in [4.69, 9.17) is 4.74 Å². The standard InChI is InChI=1S/C15H25N3O3S/c1-14-5-3-6-16-15(14)13-17-7-9-18(10-8-17)22(19,20)12-4-11-21-2/h3,5-6H,4,7-13H2,1-2H3. The lowest BCUT2D eigenvalue weighted by molar-refractivity contribution is 0.178. The maximum atomic E-state index is 12.2. The van der Waals surface area contributed by atoms with Crippen LogP contribution in [0.3, 0.4) is 0 Å². The molecule has 0 radical (unpaired) electrons. The highest BCUT2D eigenvalue weighted by Crippen LogP contribution is 2.13. The molecule has 1 aromatic heterocycles. The Balaban J connectivity index is 1.84. The molecule has 22 heavy (non-hydrogen) atoms. The van der Waals surface area contributed by atoms with Gasteiger partial charge in [-0.2, -0.15) is 4.31 Å². The molecule has 2 heterocycles. The van der Waals surface area contributed by atoms with Crippen molar-refractivity contribution in [1.82, 2.24) is 14.2 Å². The second-order valence-electron chi connectivity index (χ2n) is 5.60. The van der Waals surface area contributed by atoms with Gasteiger partial charge in [0.2, 0.25) is 10.0 Å². The van der Waals surface area contributed by atoms with Crippen molar-refractivity contribution >= 4 is 10.0 Å². The summed E-state index contributed by atoms with van der Waals surface area (Å²) in [5, 5.41) is 0. The fraction of sp³-hybridized carbons (Fsp3) is 0.667. The second kappa shape index (κ2) is 8.01. The number of pyridine rings is 1. The molecule has 1 saturated heterocycles. The third-order valence-corrected chi connectivity index (χ3v) is 5.92. The van der Waals surface area contributed by atoms with Gasteiger partial charge >= 0.3 is 0 Å². The highest BCUT2D eigenvalue weighted by atomic mass is 32.2. The number of hydrogen-bond donors (Lipinski definition) is 0. The normalized spacial score (nSPS) is 17.7. The number of aryl methyl sites for hydroxylation is 1. The van der Waals surface area contributed by atoms with Gasteiger partial charge in [0.05, 0.1) is 11.4 Å². The Morgan fingerprint density at radius 1 is 1.27 bits per heavy atom. The molecule has 0 N–H and O–H groups in total. The third kappa shape index (κ3) is 4.74. The van der Waals surface area contributed by atoms with Crippen molar-refractivity contribution in [2.45, 2.75) is 19.9 Å². The predicted molar refractivity (Wildman–Crippen MR) is 86.1 cm³/mol. The van der Waals surface area contributed by atoms with Crippen molar-refractivity contribution in [2.24, 2.45) is 0 Å². The summed E-state index contributed by atoms with van der Waals surface area (Å²) in [6, 6.07) is 3.99. The SMILES string of the molecule is COCCCS(=O)(=O)N1CCN(Cc2ncccc2C)CC1. The quantitative estimate of drug-likeness (QED) is 0.696. The average Bonchev–Trinajstić information content (AvgIpc) is 2.50. The van der Waals surface area contributed by atoms with E-state index in [-0.39, 0.29) is 5.75 Å². The molecule has 0 spiro atoms. The predicted octanol–water partition coefficient (Wildman–Crippen LogP) is 0.874. The van der Waals surface area contributed by atoms with Gasteiger partial charge in [0, 0.05) is 52.6 Å². The van der Waals surface area contributed by atoms with Crippen molar-refractivity contribution in [3.63, 3.8) is 0 Å². The molecule has 0 aromatic carbocycles. The lowest BCUT2D eigenvalue weighted by atomic mass is 10.2. The minimum Gasteiger partial charge on any atom is -0.385 e. The van der Waals surface area contributed by atoms with Gasteiger partial charge in [0.25, 0.3) is 0 Å². The van der Waals surface area contributed by atoms with Crippen LogP contribution in [0, 0.1) is 6.92 Å². The number of ether oxygens (including phenoxy) is 1. The Labute approximate surface area is 133 Å². The molecular weight excluding hydrogens is 302 g/mol. The van der Waals surface area contributed by atoms with Crippen LogP contribution >= 0.6 is 0 Å². The average molecular weight is 327 g/mol. The zero-order valence-electron chi connectivity index (χ0n) is 13.4. The van der Waals surface area contributed by atoms with E-state index >= 15 is 0 Å². The lowest BCUT2D eigenvalue weighted by Gasteiger charge is -2.34. The number of hydrogen-bond acceptors (Lipinski definition) is 5. The van der Waals surface area contributed by atoms with Crippen molar-refractivity contribution < 1.29 is 13.2 Å². The number of nitrogens with zero attached hydrogens (tertiary/aromatic N) is 3. The smallest absolute Gasteiger partial charge is 0.214 e. The van der Waals surface area contributed by atoms with E-state index in [2.05, 4.69) is 22.9 Å². The molecule has 6 nitrogen and oxygen atoms in total. The first-order chi connectivity index (χ1) is 10.5. The van der Waals surface area contributed by atoms with Crippen molar-refractivity contribution in [3.05, 3.63) is 29.6 Å². The van der Waals surface area contributed by atoms with Gasteiger partial charge in [-0.25, -0.2) is 8.42 Å². The van der Waals surface area contributed by atoms with Crippen molar-refractivity contribution in [3.8, 4) is 0 Å². The maximum absolute atomic E-state index is 12.2. The van der Waals surface area contributed by atoms with Gasteiger partial charge in [-0.15, -0.1) is 0 Å². The van der Waals surface area contributed by atoms with Crippen molar-refractivity contribution in [2.75, 3.05) is 45.6 Å². The van der Waals surface area contributed by atoms with Gasteiger partial charge in [0.15, 0.2) is 0 Å². The van der Waals surface area contributed by atoms with E-state index in [1.165, 1.54) is 5.56 Å². The summed E-state index contributed by atoms with van der Waals surface area (Å²) < 4.78 is 31.0. The van der Waals surface area contributed by atoms with Crippen LogP contribution < -0.4 is 0 Å². The molecule has 0 amide bonds. The number of aromatic nitrogens is 1. The van der Waals surface area contributed by atoms with Gasteiger partial charge in [-0.3, -0.25) is 9.88 Å². The zero-order valence-corrected chi connectivity index (χ0v) is 14.2. The third-order valence-electron chi connectivity index (χ3n) is 3.97. The first kappa shape index (κ1) is 17.3. The summed E-state index contributed by atoms with van der Waals surface area (Å²) in [6.45, 7) is 5.93. The van der Waals surface area contributed by atoms with Crippen LogP contribution in [-0.4, -0.2) is 68.3 Å². The van der Waals surface area contributed by atoms with Gasteiger partial charge in [-0.1, -0.05) is 6.07 Å². The number of piperazine rings is 1. The van der Waals surface area contributed by atoms with E-state index < -0.39 is 10.0 Å². The summed E-state index contributed by atoms with van der Waals surface area (Å²) in [5.74, 6) is 0.167. The highest BCUT2D eigenvalue weighted by molar-refractivity contribution is 7.89. The van der Waals surface area contributed by atoms with Crippen LogP contribution in [0.2, 0.25) is 0 Å². The molecule has 0 bridgehead atoms. The van der Waals surface area contributed by atoms with Gasteiger partial charge < -0.3 is 4.74 Å². The molecule has 1 aromatic rings. The fourth-order valence-corrected chi connectivity index (χ4v) is 4.04. The summed E-state index contributed by atoms with van der Waals surface area (Å²) in [6.07, 6.45) is 2.35. The van der Waals surface area contributed by atoms with Gasteiger partial charge in [-0.05, 0) is 25.0 Å². The van der Waals surface area contributed by atoms with Crippen molar-refractivity contribution in [1.29, 1.82) is 0 Å². The number of rotatable bonds is 7. The molecule has 0 aliphatic carbocycles. The fourth-order valence-electron chi connectivity index (χ4n) is 2.58. The maximum Gasteiger partial charge on any atom is 0.214 e. The highest BCUT2D eigenvalue weighted by Gasteiger charge is 2.26. The topological polar surface area (TPSA) is 62.7 Å². The summed E-state index contributed by atoms with van der Waals surface area (Å²) >= 11 is 0. The van der Waals surface area contributed by atoms with Crippen LogP contribution in [0.15, 0.2) is 18.3 Å². The molecule has 0 atom stereocenters. The molecular formula is C15H25N3O3S. The molecule has 0 unspecified atom stereocenters. The molecule has 1 fully saturated rings. The van der Waals surface area contributed by atoms with E-state index in [1.807, 2.05) is 6.07 Å². The van der Waals surface area contributed by atoms with E-state index in [0.29, 0.717) is 26.1 Å². The molecule has 124 valence electrons. The van der Waals surface area contributed by atoms with Crippen LogP contribution in [-0.2, 0) is 21.3 Å². The monoisotopic (exact) mass is 327 g/mol. The molecule has 7 heteroatoms. The Morgan fingerprint density at radius 2 is 2.00 bits per heavy atom. The number of sulfonamides is 1. The second-order valence-corrected chi connectivity index (χ2v) is 7.69. The Hall–Kier alpha value is -1.02. The Bertz CT molecular complexity index is 569. The summed E-state index contributed by atoms with van der Waals surface area (Å²) in [7, 11) is -1.56. The molecule has 2 rings (SSSR count).